The van der Waals surface area contributed by atoms with E-state index in [0.717, 1.165) is 49.1 Å². The van der Waals surface area contributed by atoms with Crippen LogP contribution in [0.15, 0.2) is 291 Å². The maximum absolute atomic E-state index is 12.7. The first-order chi connectivity index (χ1) is 55.1. The van der Waals surface area contributed by atoms with Crippen LogP contribution in [0.4, 0.5) is 9.59 Å². The summed E-state index contributed by atoms with van der Waals surface area (Å²) in [5.74, 6) is 0. The number of carbonyl (C=O) groups excluding carboxylic acids is 2. The van der Waals surface area contributed by atoms with E-state index in [1.807, 2.05) is 34.1 Å². The van der Waals surface area contributed by atoms with Crippen molar-refractivity contribution in [3.63, 3.8) is 0 Å². The number of amides is 2. The number of nitrogens with zero attached hydrogens (tertiary/aromatic N) is 2. The van der Waals surface area contributed by atoms with Gasteiger partial charge in [-0.05, 0) is 223 Å². The van der Waals surface area contributed by atoms with Crippen molar-refractivity contribution in [2.24, 2.45) is 0 Å². The molecule has 18 rings (SSSR count). The van der Waals surface area contributed by atoms with E-state index in [0.29, 0.717) is 13.2 Å². The van der Waals surface area contributed by atoms with Gasteiger partial charge < -0.3 is 20.1 Å². The molecule has 628 valence electrons. The first-order valence-corrected chi connectivity index (χ1v) is 47.3. The van der Waals surface area contributed by atoms with Crippen molar-refractivity contribution in [3.8, 4) is 0 Å². The standard InChI is InChI=1S/C48H50B2N2P2.C22H20N2O4.2C14H15BP.Li.8H2S/c1-33-13-21-41(22-14-33)53(49,42-23-15-34(2)16-24-42)31-39-29-37-9-5-7-11-45(37)47(51-39)48-46-12-8-6-10-38(46)30-40(52-48)32-54(50,43-25-17-35(3)18-26-43)44-27-19-36(4)20-28-44;25-21-23-15(11-27-21)9-13-5-1-3-7-17(13)19(23)20-18-8-4-2-6-14(18)10-16-12-28-22(26)24(16)20;2*1-11-3-7-13(8-4-11)16(15)14-9-5-12(2)6-10-14;;;;;;;;;/h5-28,39-40,47-48,51-52H,29-32H2,1-4H3;1-8,15-16,19-20H,9-12H2;2*3-10,16H,1-2H3;;8*1H2/q+2;;3*+1;;;;;;;;/t39-,40-,47-,48-;15-,16-,19-,20-;;;;;;;;;;;/m00.........../s1. The Kier molecular flexibility index (Phi) is 41.2. The van der Waals surface area contributed by atoms with Crippen molar-refractivity contribution in [2.45, 2.75) is 129 Å². The Morgan fingerprint density at radius 1 is 0.317 bits per heavy atom. The summed E-state index contributed by atoms with van der Waals surface area (Å²) < 4.78 is 10.9. The van der Waals surface area contributed by atoms with Gasteiger partial charge in [0.15, 0.2) is 0 Å². The molecule has 2 amide bonds. The van der Waals surface area contributed by atoms with Gasteiger partial charge in [-0.1, -0.05) is 239 Å². The van der Waals surface area contributed by atoms with Crippen LogP contribution in [0.5, 0.6) is 0 Å². The van der Waals surface area contributed by atoms with Gasteiger partial charge in [0.1, 0.15) is 13.2 Å². The molecule has 0 spiro atoms. The molecule has 0 bridgehead atoms. The maximum Gasteiger partial charge on any atom is 1.00 e. The Morgan fingerprint density at radius 3 is 0.772 bits per heavy atom. The van der Waals surface area contributed by atoms with Gasteiger partial charge in [-0.15, -0.1) is 0 Å². The number of carbonyl (C=O) groups is 2. The third kappa shape index (κ3) is 24.3. The van der Waals surface area contributed by atoms with E-state index in [4.69, 9.17) is 39.7 Å². The fourth-order valence-corrected chi connectivity index (χ4v) is 26.3. The second-order valence-corrected chi connectivity index (χ2v) is 42.4. The molecule has 0 unspecified atom stereocenters. The predicted octanol–water partition coefficient (Wildman–Crippen LogP) is 14.5. The van der Waals surface area contributed by atoms with Crippen LogP contribution < -0.4 is 71.9 Å². The van der Waals surface area contributed by atoms with Crippen LogP contribution in [0.25, 0.3) is 0 Å². The number of ether oxygens (including phenoxy) is 2. The summed E-state index contributed by atoms with van der Waals surface area (Å²) in [5, 5.41) is 18.6. The molecule has 8 atom stereocenters. The zero-order valence-corrected chi connectivity index (χ0v) is 83.5. The van der Waals surface area contributed by atoms with E-state index in [9.17, 15) is 9.59 Å². The largest absolute Gasteiger partial charge is 1.00 e. The van der Waals surface area contributed by atoms with E-state index in [1.165, 1.54) is 120 Å². The number of hydrogen-bond donors (Lipinski definition) is 2. The molecule has 2 saturated heterocycles. The predicted molar refractivity (Wildman–Crippen MR) is 572 cm³/mol. The fourth-order valence-electron chi connectivity index (χ4n) is 17.5. The Bertz CT molecular complexity index is 4870. The topological polar surface area (TPSA) is 83.1 Å². The number of cyclic esters (lactones) is 2. The SMILES string of the molecule is O=C1OC[C@@H]2Cc3ccccc3[C@@H]([C@@H]3c4ccccc4C[C@H]4COC(=O)N43)N12.S.S.S.S.S.S.S.S.[B][P+](C[C@@H]1Cc2ccccc2[C@@H]([C@H]2N[C@H](C[P+]([B])(c3ccc(C)cc3)c3ccc(C)cc3)Cc3ccccc32)N1)(c1ccc(C)cc1)c1ccc(C)cc1.[B][PH+](c1ccc(C)cc1)c1ccc(C)cc1.[B][PH+](c1ccc(C)cc1)c1ccc(C)cc1.[Li+]. The minimum Gasteiger partial charge on any atom is -0.447 e. The van der Waals surface area contributed by atoms with Crippen molar-refractivity contribution in [2.75, 3.05) is 25.5 Å². The average Bonchev–Trinajstić information content (AvgIpc) is 1.63. The van der Waals surface area contributed by atoms with Gasteiger partial charge in [-0.2, -0.15) is 108 Å². The Hall–Kier alpha value is -5.52. The molecular weight excluding hydrogens is 1730 g/mol. The van der Waals surface area contributed by atoms with Gasteiger partial charge in [0.25, 0.3) is 0 Å². The van der Waals surface area contributed by atoms with Gasteiger partial charge in [0.2, 0.25) is 0 Å². The van der Waals surface area contributed by atoms with Gasteiger partial charge in [-0.3, -0.25) is 9.80 Å². The monoisotopic (exact) mass is 1840 g/mol. The number of benzene rings is 12. The first-order valence-electron chi connectivity index (χ1n) is 40.0. The summed E-state index contributed by atoms with van der Waals surface area (Å²) in [7, 11) is 21.5. The summed E-state index contributed by atoms with van der Waals surface area (Å²) in [6, 6.07) is 105. The summed E-state index contributed by atoms with van der Waals surface area (Å²) in [4.78, 5) is 29.2. The van der Waals surface area contributed by atoms with Crippen molar-refractivity contribution >= 4 is 223 Å². The van der Waals surface area contributed by atoms with E-state index >= 15 is 0 Å². The quantitative estimate of drug-likeness (QED) is 0.0834. The molecule has 6 aliphatic rings. The molecule has 2 fully saturated rings. The summed E-state index contributed by atoms with van der Waals surface area (Å²) in [6.45, 7) is 17.8. The van der Waals surface area contributed by atoms with E-state index in [-0.39, 0.29) is 187 Å². The third-order valence-corrected chi connectivity index (χ3v) is 34.6. The molecule has 8 radical (unpaired) electrons. The number of nitrogens with one attached hydrogen (secondary N) is 2. The molecule has 0 aliphatic carbocycles. The van der Waals surface area contributed by atoms with E-state index < -0.39 is 29.9 Å². The molecule has 12 aromatic carbocycles. The summed E-state index contributed by atoms with van der Waals surface area (Å²) in [5.41, 5.74) is 20.3. The van der Waals surface area contributed by atoms with Crippen molar-refractivity contribution < 1.29 is 37.9 Å². The fraction of sp³-hybridized carbons (Fsp3) is 0.245. The first kappa shape index (κ1) is 106. The minimum atomic E-state index is -2.24. The second kappa shape index (κ2) is 47.7. The third-order valence-electron chi connectivity index (χ3n) is 23.9. The molecule has 0 aromatic heterocycles. The van der Waals surface area contributed by atoms with Crippen LogP contribution in [-0.4, -0.2) is 102 Å². The average molecular weight is 1840 g/mol. The van der Waals surface area contributed by atoms with Gasteiger partial charge in [-0.25, -0.2) is 9.59 Å². The molecule has 12 aromatic rings. The molecule has 0 saturated carbocycles. The minimum absolute atomic E-state index is 0. The van der Waals surface area contributed by atoms with E-state index in [2.05, 4.69) is 333 Å². The van der Waals surface area contributed by atoms with E-state index in [1.54, 1.807) is 0 Å². The molecule has 6 heterocycles. The molecule has 25 heteroatoms. The molecular formula is C98H116B4LiN4O4P4S8+5. The Labute approximate surface area is 808 Å². The van der Waals surface area contributed by atoms with Crippen LogP contribution in [-0.2, 0) is 35.2 Å². The molecule has 6 aliphatic heterocycles. The Balaban J connectivity index is 0.000000283. The smallest absolute Gasteiger partial charge is 0.447 e. The van der Waals surface area contributed by atoms with Crippen LogP contribution in [0.1, 0.15) is 113 Å². The molecule has 123 heavy (non-hydrogen) atoms. The van der Waals surface area contributed by atoms with Crippen molar-refractivity contribution in [3.05, 3.63) is 380 Å². The van der Waals surface area contributed by atoms with Crippen LogP contribution in [0.3, 0.4) is 0 Å². The maximum atomic E-state index is 12.7. The van der Waals surface area contributed by atoms with Crippen LogP contribution in [0.2, 0.25) is 0 Å². The molecule has 2 N–H and O–H groups in total. The Morgan fingerprint density at radius 2 is 0.528 bits per heavy atom. The summed E-state index contributed by atoms with van der Waals surface area (Å²) >= 11 is 0. The zero-order valence-electron chi connectivity index (χ0n) is 71.7. The number of rotatable bonds is 14. The van der Waals surface area contributed by atoms with Crippen LogP contribution >= 0.6 is 138 Å². The van der Waals surface area contributed by atoms with Gasteiger partial charge in [0, 0.05) is 42.0 Å². The van der Waals surface area contributed by atoms with Crippen molar-refractivity contribution in [1.82, 2.24) is 20.4 Å². The van der Waals surface area contributed by atoms with Crippen LogP contribution in [0, 0.1) is 55.4 Å². The number of fused-ring (bicyclic) bond motifs is 6. The normalized spacial score (nSPS) is 18.4. The number of hydrogen-bond acceptors (Lipinski definition) is 6. The molecule has 8 nitrogen and oxygen atoms in total. The van der Waals surface area contributed by atoms with Crippen molar-refractivity contribution in [1.29, 1.82) is 0 Å². The van der Waals surface area contributed by atoms with Gasteiger partial charge >= 0.3 is 61.3 Å². The second-order valence-electron chi connectivity index (χ2n) is 32.2. The number of aryl methyl sites for hydroxylation is 8. The zero-order chi connectivity index (χ0) is 79.4. The van der Waals surface area contributed by atoms with Gasteiger partial charge in [0.05, 0.1) is 91.0 Å². The summed E-state index contributed by atoms with van der Waals surface area (Å²) in [6.07, 6.45) is 4.61.